The molecule has 2 N–H and O–H groups in total. The van der Waals surface area contributed by atoms with Crippen molar-refractivity contribution in [2.75, 3.05) is 32.2 Å². The molecular weight excluding hydrogens is 356 g/mol. The van der Waals surface area contributed by atoms with E-state index in [0.717, 1.165) is 12.2 Å². The van der Waals surface area contributed by atoms with E-state index in [0.29, 0.717) is 42.5 Å². The molecule has 0 radical (unpaired) electrons. The molecule has 0 saturated carbocycles. The third-order valence-electron chi connectivity index (χ3n) is 3.92. The summed E-state index contributed by atoms with van der Waals surface area (Å²) < 4.78 is 10.6. The maximum absolute atomic E-state index is 12.4. The number of anilines is 1. The fourth-order valence-electron chi connectivity index (χ4n) is 2.39. The first-order valence-electron chi connectivity index (χ1n) is 9.41. The van der Waals surface area contributed by atoms with E-state index >= 15 is 0 Å². The van der Waals surface area contributed by atoms with Crippen LogP contribution in [0.25, 0.3) is 0 Å². The number of nitrogens with one attached hydrogen (secondary N) is 2. The Kier molecular flexibility index (Phi) is 8.49. The van der Waals surface area contributed by atoms with Crippen LogP contribution in [0, 0.1) is 5.92 Å². The molecule has 0 bridgehead atoms. The molecule has 150 valence electrons. The lowest BCUT2D eigenvalue weighted by atomic mass is 10.1. The lowest BCUT2D eigenvalue weighted by molar-refractivity contribution is 0.0948. The molecule has 0 heterocycles. The van der Waals surface area contributed by atoms with Crippen LogP contribution in [0.3, 0.4) is 0 Å². The molecule has 2 aromatic carbocycles. The van der Waals surface area contributed by atoms with Gasteiger partial charge in [0.15, 0.2) is 0 Å². The second-order valence-corrected chi connectivity index (χ2v) is 6.86. The van der Waals surface area contributed by atoms with E-state index < -0.39 is 0 Å². The molecular formula is C22H28N2O4. The maximum Gasteiger partial charge on any atom is 0.255 e. The van der Waals surface area contributed by atoms with Crippen LogP contribution in [0.2, 0.25) is 0 Å². The second kappa shape index (κ2) is 11.1. The Balaban J connectivity index is 1.87. The van der Waals surface area contributed by atoms with Gasteiger partial charge in [-0.15, -0.1) is 0 Å². The number of hydrogen-bond acceptors (Lipinski definition) is 4. The largest absolute Gasteiger partial charge is 0.493 e. The van der Waals surface area contributed by atoms with Crippen LogP contribution >= 0.6 is 0 Å². The molecule has 0 fully saturated rings. The van der Waals surface area contributed by atoms with E-state index in [4.69, 9.17) is 9.47 Å². The lowest BCUT2D eigenvalue weighted by Gasteiger charge is -2.10. The van der Waals surface area contributed by atoms with Gasteiger partial charge >= 0.3 is 0 Å². The topological polar surface area (TPSA) is 76.7 Å². The van der Waals surface area contributed by atoms with Crippen LogP contribution in [0.1, 0.15) is 41.0 Å². The van der Waals surface area contributed by atoms with Gasteiger partial charge in [-0.1, -0.05) is 13.8 Å². The Hall–Kier alpha value is -2.86. The summed E-state index contributed by atoms with van der Waals surface area (Å²) in [4.78, 5) is 24.4. The molecule has 0 unspecified atom stereocenters. The summed E-state index contributed by atoms with van der Waals surface area (Å²) in [5.41, 5.74) is 1.71. The Morgan fingerprint density at radius 1 is 0.929 bits per heavy atom. The third kappa shape index (κ3) is 7.04. The molecule has 6 nitrogen and oxygen atoms in total. The number of ether oxygens (including phenoxy) is 2. The van der Waals surface area contributed by atoms with Crippen molar-refractivity contribution in [3.8, 4) is 5.75 Å². The van der Waals surface area contributed by atoms with Crippen LogP contribution in [0.4, 0.5) is 5.69 Å². The van der Waals surface area contributed by atoms with E-state index in [1.807, 2.05) is 0 Å². The quantitative estimate of drug-likeness (QED) is 0.612. The molecule has 0 saturated heterocycles. The highest BCUT2D eigenvalue weighted by Gasteiger charge is 2.08. The zero-order valence-corrected chi connectivity index (χ0v) is 16.7. The van der Waals surface area contributed by atoms with Gasteiger partial charge in [0.2, 0.25) is 0 Å². The van der Waals surface area contributed by atoms with Gasteiger partial charge in [0.25, 0.3) is 11.8 Å². The molecule has 6 heteroatoms. The molecule has 28 heavy (non-hydrogen) atoms. The van der Waals surface area contributed by atoms with Crippen molar-refractivity contribution in [2.45, 2.75) is 20.3 Å². The highest BCUT2D eigenvalue weighted by atomic mass is 16.5. The molecule has 0 atom stereocenters. The fourth-order valence-corrected chi connectivity index (χ4v) is 2.39. The minimum absolute atomic E-state index is 0.147. The van der Waals surface area contributed by atoms with Crippen LogP contribution in [0.5, 0.6) is 5.75 Å². The summed E-state index contributed by atoms with van der Waals surface area (Å²) in [5.74, 6) is 0.822. The number of benzene rings is 2. The predicted octanol–water partition coefficient (Wildman–Crippen LogP) is 3.74. The SMILES string of the molecule is COCCCNC(=O)c1ccc(NC(=O)c2ccc(OCC(C)C)cc2)cc1. The third-order valence-corrected chi connectivity index (χ3v) is 3.92. The molecule has 0 aromatic heterocycles. The van der Waals surface area contributed by atoms with Gasteiger partial charge in [-0.3, -0.25) is 9.59 Å². The molecule has 0 aliphatic heterocycles. The standard InChI is InChI=1S/C22H28N2O4/c1-16(2)15-28-20-11-7-18(8-12-20)22(26)24-19-9-5-17(6-10-19)21(25)23-13-4-14-27-3/h5-12,16H,4,13-15H2,1-3H3,(H,23,25)(H,24,26). The summed E-state index contributed by atoms with van der Waals surface area (Å²) in [6, 6.07) is 13.8. The van der Waals surface area contributed by atoms with Crippen molar-refractivity contribution in [1.29, 1.82) is 0 Å². The summed E-state index contributed by atoms with van der Waals surface area (Å²) in [7, 11) is 1.63. The monoisotopic (exact) mass is 384 g/mol. The van der Waals surface area contributed by atoms with Gasteiger partial charge in [-0.2, -0.15) is 0 Å². The minimum Gasteiger partial charge on any atom is -0.493 e. The number of carbonyl (C=O) groups excluding carboxylic acids is 2. The van der Waals surface area contributed by atoms with Crippen molar-refractivity contribution in [2.24, 2.45) is 5.92 Å². The highest BCUT2D eigenvalue weighted by molar-refractivity contribution is 6.04. The van der Waals surface area contributed by atoms with Crippen LogP contribution < -0.4 is 15.4 Å². The van der Waals surface area contributed by atoms with E-state index in [1.165, 1.54) is 0 Å². The highest BCUT2D eigenvalue weighted by Crippen LogP contribution is 2.16. The molecule has 0 spiro atoms. The zero-order chi connectivity index (χ0) is 20.4. The van der Waals surface area contributed by atoms with Crippen molar-refractivity contribution in [3.63, 3.8) is 0 Å². The summed E-state index contributed by atoms with van der Waals surface area (Å²) >= 11 is 0. The average molecular weight is 384 g/mol. The van der Waals surface area contributed by atoms with Crippen molar-refractivity contribution < 1.29 is 19.1 Å². The zero-order valence-electron chi connectivity index (χ0n) is 16.7. The Morgan fingerprint density at radius 2 is 1.54 bits per heavy atom. The molecule has 2 rings (SSSR count). The normalized spacial score (nSPS) is 10.6. The fraction of sp³-hybridized carbons (Fsp3) is 0.364. The first-order valence-corrected chi connectivity index (χ1v) is 9.41. The van der Waals surface area contributed by atoms with Gasteiger partial charge in [0, 0.05) is 37.1 Å². The number of amides is 2. The van der Waals surface area contributed by atoms with Gasteiger partial charge in [0.05, 0.1) is 6.61 Å². The van der Waals surface area contributed by atoms with Gasteiger partial charge < -0.3 is 20.1 Å². The van der Waals surface area contributed by atoms with Gasteiger partial charge in [-0.25, -0.2) is 0 Å². The molecule has 2 amide bonds. The number of carbonyl (C=O) groups is 2. The maximum atomic E-state index is 12.4. The van der Waals surface area contributed by atoms with E-state index in [1.54, 1.807) is 55.6 Å². The van der Waals surface area contributed by atoms with Crippen molar-refractivity contribution in [1.82, 2.24) is 5.32 Å². The minimum atomic E-state index is -0.216. The number of hydrogen-bond donors (Lipinski definition) is 2. The predicted molar refractivity (Wildman–Crippen MR) is 110 cm³/mol. The molecule has 2 aromatic rings. The molecule has 0 aliphatic rings. The Morgan fingerprint density at radius 3 is 2.14 bits per heavy atom. The first kappa shape index (κ1) is 21.4. The summed E-state index contributed by atoms with van der Waals surface area (Å²) in [6.07, 6.45) is 0.762. The first-order chi connectivity index (χ1) is 13.5. The Bertz CT molecular complexity index is 755. The van der Waals surface area contributed by atoms with Crippen LogP contribution in [0.15, 0.2) is 48.5 Å². The number of rotatable bonds is 10. The molecule has 0 aliphatic carbocycles. The second-order valence-electron chi connectivity index (χ2n) is 6.86. The van der Waals surface area contributed by atoms with Gasteiger partial charge in [0.1, 0.15) is 5.75 Å². The van der Waals surface area contributed by atoms with Gasteiger partial charge in [-0.05, 0) is 60.9 Å². The van der Waals surface area contributed by atoms with Crippen molar-refractivity contribution in [3.05, 3.63) is 59.7 Å². The van der Waals surface area contributed by atoms with Crippen molar-refractivity contribution >= 4 is 17.5 Å². The van der Waals surface area contributed by atoms with E-state index in [-0.39, 0.29) is 11.8 Å². The van der Waals surface area contributed by atoms with E-state index in [2.05, 4.69) is 24.5 Å². The smallest absolute Gasteiger partial charge is 0.255 e. The van der Waals surface area contributed by atoms with Crippen LogP contribution in [-0.4, -0.2) is 38.7 Å². The van der Waals surface area contributed by atoms with Crippen LogP contribution in [-0.2, 0) is 4.74 Å². The number of methoxy groups -OCH3 is 1. The van der Waals surface area contributed by atoms with E-state index in [9.17, 15) is 9.59 Å². The lowest BCUT2D eigenvalue weighted by Crippen LogP contribution is -2.25. The average Bonchev–Trinajstić information content (AvgIpc) is 2.70. The Labute approximate surface area is 166 Å². The summed E-state index contributed by atoms with van der Waals surface area (Å²) in [5, 5.41) is 5.65. The summed E-state index contributed by atoms with van der Waals surface area (Å²) in [6.45, 7) is 5.96.